The Bertz CT molecular complexity index is 529. The number of rotatable bonds is 5. The van der Waals surface area contributed by atoms with Gasteiger partial charge in [-0.05, 0) is 37.0 Å². The second-order valence-electron chi connectivity index (χ2n) is 5.56. The normalized spacial score (nSPS) is 16.2. The molecule has 0 spiro atoms. The molecule has 1 N–H and O–H groups in total. The highest BCUT2D eigenvalue weighted by Crippen LogP contribution is 2.25. The minimum atomic E-state index is -0.981. The number of carbonyl (C=O) groups excluding carboxylic acids is 1. The maximum atomic E-state index is 12.4. The summed E-state index contributed by atoms with van der Waals surface area (Å²) in [7, 11) is 1.85. The van der Waals surface area contributed by atoms with Gasteiger partial charge in [0.2, 0.25) is 0 Å². The molecule has 1 aliphatic carbocycles. The van der Waals surface area contributed by atoms with Gasteiger partial charge >= 0.3 is 5.97 Å². The topological polar surface area (TPSA) is 57.6 Å². The summed E-state index contributed by atoms with van der Waals surface area (Å²) in [5.74, 6) is -0.328. The minimum Gasteiger partial charge on any atom is -0.478 e. The lowest BCUT2D eigenvalue weighted by molar-refractivity contribution is -0.131. The van der Waals surface area contributed by atoms with Crippen molar-refractivity contribution in [3.05, 3.63) is 28.0 Å². The van der Waals surface area contributed by atoms with Crippen LogP contribution in [0.4, 0.5) is 0 Å². The quantitative estimate of drug-likeness (QED) is 0.847. The summed E-state index contributed by atoms with van der Waals surface area (Å²) < 4.78 is 0. The van der Waals surface area contributed by atoms with E-state index in [4.69, 9.17) is 5.11 Å². The van der Waals surface area contributed by atoms with Gasteiger partial charge in [-0.25, -0.2) is 4.79 Å². The van der Waals surface area contributed by atoms with Crippen LogP contribution in [-0.2, 0) is 4.79 Å². The molecule has 1 fully saturated rings. The molecular formula is C16H21NO3S. The van der Waals surface area contributed by atoms with Gasteiger partial charge < -0.3 is 10.0 Å². The van der Waals surface area contributed by atoms with Gasteiger partial charge in [0.15, 0.2) is 0 Å². The van der Waals surface area contributed by atoms with Gasteiger partial charge in [-0.2, -0.15) is 0 Å². The van der Waals surface area contributed by atoms with Gasteiger partial charge in [-0.1, -0.05) is 19.3 Å². The molecule has 21 heavy (non-hydrogen) atoms. The van der Waals surface area contributed by atoms with Crippen LogP contribution in [0.3, 0.4) is 0 Å². The lowest BCUT2D eigenvalue weighted by Gasteiger charge is -2.26. The predicted molar refractivity (Wildman–Crippen MR) is 84.5 cm³/mol. The summed E-state index contributed by atoms with van der Waals surface area (Å²) in [6.07, 6.45) is 8.91. The van der Waals surface area contributed by atoms with Crippen molar-refractivity contribution in [3.63, 3.8) is 0 Å². The SMILES string of the molecule is CN(CC1CCCCC1)C(=O)c1ccc(C=CC(=O)O)s1. The third-order valence-corrected chi connectivity index (χ3v) is 4.87. The van der Waals surface area contributed by atoms with Crippen molar-refractivity contribution in [1.82, 2.24) is 4.90 Å². The van der Waals surface area contributed by atoms with Gasteiger partial charge in [-0.15, -0.1) is 11.3 Å². The highest BCUT2D eigenvalue weighted by atomic mass is 32.1. The molecule has 1 heterocycles. The van der Waals surface area contributed by atoms with Crippen LogP contribution in [0.5, 0.6) is 0 Å². The third kappa shape index (κ3) is 4.70. The van der Waals surface area contributed by atoms with Crippen molar-refractivity contribution in [1.29, 1.82) is 0 Å². The number of thiophene rings is 1. The van der Waals surface area contributed by atoms with Gasteiger partial charge in [0.25, 0.3) is 5.91 Å². The third-order valence-electron chi connectivity index (χ3n) is 3.83. The van der Waals surface area contributed by atoms with Crippen molar-refractivity contribution in [2.24, 2.45) is 5.92 Å². The fourth-order valence-corrected chi connectivity index (χ4v) is 3.64. The van der Waals surface area contributed by atoms with Crippen molar-refractivity contribution in [2.45, 2.75) is 32.1 Å². The Morgan fingerprint density at radius 2 is 2.05 bits per heavy atom. The summed E-state index contributed by atoms with van der Waals surface area (Å²) in [5.41, 5.74) is 0. The van der Waals surface area contributed by atoms with Crippen LogP contribution < -0.4 is 0 Å². The Kier molecular flexibility index (Phi) is 5.56. The van der Waals surface area contributed by atoms with Gasteiger partial charge in [-0.3, -0.25) is 4.79 Å². The molecule has 0 aliphatic heterocycles. The Hall–Kier alpha value is -1.62. The zero-order valence-electron chi connectivity index (χ0n) is 12.2. The van der Waals surface area contributed by atoms with Gasteiger partial charge in [0, 0.05) is 24.5 Å². The highest BCUT2D eigenvalue weighted by molar-refractivity contribution is 7.14. The largest absolute Gasteiger partial charge is 0.478 e. The summed E-state index contributed by atoms with van der Waals surface area (Å²) >= 11 is 1.33. The molecule has 0 aromatic carbocycles. The van der Waals surface area contributed by atoms with E-state index in [-0.39, 0.29) is 5.91 Å². The fraction of sp³-hybridized carbons (Fsp3) is 0.500. The van der Waals surface area contributed by atoms with Crippen LogP contribution >= 0.6 is 11.3 Å². The van der Waals surface area contributed by atoms with Crippen LogP contribution in [-0.4, -0.2) is 35.5 Å². The van der Waals surface area contributed by atoms with Crippen molar-refractivity contribution < 1.29 is 14.7 Å². The average molecular weight is 307 g/mol. The lowest BCUT2D eigenvalue weighted by Crippen LogP contribution is -2.32. The van der Waals surface area contributed by atoms with Crippen molar-refractivity contribution >= 4 is 29.3 Å². The molecule has 0 saturated heterocycles. The molecule has 1 amide bonds. The second kappa shape index (κ2) is 7.41. The van der Waals surface area contributed by atoms with E-state index in [1.165, 1.54) is 49.5 Å². The second-order valence-corrected chi connectivity index (χ2v) is 6.68. The summed E-state index contributed by atoms with van der Waals surface area (Å²) in [4.78, 5) is 26.1. The van der Waals surface area contributed by atoms with Gasteiger partial charge in [0.05, 0.1) is 4.88 Å². The summed E-state index contributed by atoms with van der Waals surface area (Å²) in [6.45, 7) is 0.816. The van der Waals surface area contributed by atoms with Crippen LogP contribution in [0.1, 0.15) is 46.7 Å². The van der Waals surface area contributed by atoms with E-state index in [9.17, 15) is 9.59 Å². The number of aliphatic carboxylic acids is 1. The Morgan fingerprint density at radius 1 is 1.33 bits per heavy atom. The van der Waals surface area contributed by atoms with Gasteiger partial charge in [0.1, 0.15) is 0 Å². The smallest absolute Gasteiger partial charge is 0.328 e. The maximum absolute atomic E-state index is 12.4. The van der Waals surface area contributed by atoms with Crippen LogP contribution in [0.15, 0.2) is 18.2 Å². The fourth-order valence-electron chi connectivity index (χ4n) is 2.74. The first-order valence-electron chi connectivity index (χ1n) is 7.32. The zero-order valence-corrected chi connectivity index (χ0v) is 13.1. The number of nitrogens with zero attached hydrogens (tertiary/aromatic N) is 1. The number of hydrogen-bond donors (Lipinski definition) is 1. The van der Waals surface area contributed by atoms with Crippen molar-refractivity contribution in [3.8, 4) is 0 Å². The average Bonchev–Trinajstić information content (AvgIpc) is 2.94. The van der Waals surface area contributed by atoms with E-state index >= 15 is 0 Å². The van der Waals surface area contributed by atoms with E-state index in [2.05, 4.69) is 0 Å². The first-order chi connectivity index (χ1) is 10.1. The zero-order chi connectivity index (χ0) is 15.2. The molecule has 1 aromatic heterocycles. The lowest BCUT2D eigenvalue weighted by atomic mass is 9.89. The summed E-state index contributed by atoms with van der Waals surface area (Å²) in [6, 6.07) is 3.55. The van der Waals surface area contributed by atoms with Crippen LogP contribution in [0.25, 0.3) is 6.08 Å². The molecule has 1 saturated carbocycles. The maximum Gasteiger partial charge on any atom is 0.328 e. The Labute approximate surface area is 129 Å². The first kappa shape index (κ1) is 15.8. The Morgan fingerprint density at radius 3 is 2.71 bits per heavy atom. The molecule has 4 nitrogen and oxygen atoms in total. The molecule has 114 valence electrons. The van der Waals surface area contributed by atoms with E-state index in [0.717, 1.165) is 17.5 Å². The first-order valence-corrected chi connectivity index (χ1v) is 8.14. The Balaban J connectivity index is 1.93. The molecule has 0 radical (unpaired) electrons. The summed E-state index contributed by atoms with van der Waals surface area (Å²) in [5, 5.41) is 8.60. The molecule has 1 aliphatic rings. The number of carboxylic acids is 1. The predicted octanol–water partition coefficient (Wildman–Crippen LogP) is 3.50. The van der Waals surface area contributed by atoms with Crippen LogP contribution in [0.2, 0.25) is 0 Å². The number of carboxylic acid groups (broad SMARTS) is 1. The molecule has 0 unspecified atom stereocenters. The monoisotopic (exact) mass is 307 g/mol. The molecule has 0 bridgehead atoms. The molecule has 2 rings (SSSR count). The van der Waals surface area contributed by atoms with Crippen molar-refractivity contribution in [2.75, 3.05) is 13.6 Å². The van der Waals surface area contributed by atoms with E-state index in [1.54, 1.807) is 17.0 Å². The van der Waals surface area contributed by atoms with E-state index in [1.807, 2.05) is 7.05 Å². The van der Waals surface area contributed by atoms with E-state index in [0.29, 0.717) is 10.8 Å². The number of hydrogen-bond acceptors (Lipinski definition) is 3. The number of amides is 1. The molecule has 1 aromatic rings. The molecule has 5 heteroatoms. The number of carbonyl (C=O) groups is 2. The highest BCUT2D eigenvalue weighted by Gasteiger charge is 2.20. The van der Waals surface area contributed by atoms with Crippen LogP contribution in [0, 0.1) is 5.92 Å². The minimum absolute atomic E-state index is 0.0283. The van der Waals surface area contributed by atoms with E-state index < -0.39 is 5.97 Å². The molecule has 0 atom stereocenters. The molecular weight excluding hydrogens is 286 g/mol. The standard InChI is InChI=1S/C16H21NO3S/c1-17(11-12-5-3-2-4-6-12)16(20)14-9-7-13(21-14)8-10-15(18)19/h7-10,12H,2-6,11H2,1H3,(H,18,19).